The van der Waals surface area contributed by atoms with Gasteiger partial charge in [-0.15, -0.1) is 11.3 Å². The van der Waals surface area contributed by atoms with Crippen LogP contribution in [0.1, 0.15) is 30.1 Å². The van der Waals surface area contributed by atoms with Crippen LogP contribution in [0.2, 0.25) is 5.02 Å². The van der Waals surface area contributed by atoms with Crippen LogP contribution in [0.15, 0.2) is 78.2 Å². The van der Waals surface area contributed by atoms with Gasteiger partial charge in [0.05, 0.1) is 12.3 Å². The molecule has 0 bridgehead atoms. The first-order valence-electron chi connectivity index (χ1n) is 10.5. The summed E-state index contributed by atoms with van der Waals surface area (Å²) in [6.45, 7) is 2.81. The number of unbranched alkanes of at least 4 members (excludes halogenated alkanes) is 1. The number of carbonyl (C=O) groups is 1. The molecule has 0 unspecified atom stereocenters. The van der Waals surface area contributed by atoms with Crippen LogP contribution < -0.4 is 10.1 Å². The Hall–Kier alpha value is -3.15. The monoisotopic (exact) mass is 462 g/mol. The van der Waals surface area contributed by atoms with E-state index in [1.54, 1.807) is 23.5 Å². The zero-order valence-electron chi connectivity index (χ0n) is 17.7. The summed E-state index contributed by atoms with van der Waals surface area (Å²) in [5.74, 6) is 0.611. The van der Waals surface area contributed by atoms with Crippen molar-refractivity contribution in [2.24, 2.45) is 0 Å². The highest BCUT2D eigenvalue weighted by atomic mass is 35.5. The van der Waals surface area contributed by atoms with E-state index in [4.69, 9.17) is 21.3 Å². The van der Waals surface area contributed by atoms with E-state index in [0.29, 0.717) is 17.2 Å². The zero-order chi connectivity index (χ0) is 22.3. The maximum Gasteiger partial charge on any atom is 0.255 e. The molecule has 1 N–H and O–H groups in total. The third kappa shape index (κ3) is 5.55. The molecule has 4 aromatic rings. The van der Waals surface area contributed by atoms with Crippen LogP contribution in [0, 0.1) is 0 Å². The van der Waals surface area contributed by atoms with Crippen LogP contribution >= 0.6 is 22.9 Å². The predicted molar refractivity (Wildman–Crippen MR) is 133 cm³/mol. The topological polar surface area (TPSA) is 51.2 Å². The lowest BCUT2D eigenvalue weighted by molar-refractivity contribution is 0.102. The summed E-state index contributed by atoms with van der Waals surface area (Å²) in [4.78, 5) is 17.4. The third-order valence-electron chi connectivity index (χ3n) is 4.89. The van der Waals surface area contributed by atoms with Gasteiger partial charge in [-0.3, -0.25) is 4.79 Å². The van der Waals surface area contributed by atoms with Crippen molar-refractivity contribution in [1.29, 1.82) is 0 Å². The lowest BCUT2D eigenvalue weighted by Gasteiger charge is -2.08. The van der Waals surface area contributed by atoms with Crippen molar-refractivity contribution >= 4 is 34.5 Å². The van der Waals surface area contributed by atoms with Crippen LogP contribution in [0.25, 0.3) is 21.8 Å². The number of halogens is 1. The molecular weight excluding hydrogens is 440 g/mol. The van der Waals surface area contributed by atoms with E-state index in [0.717, 1.165) is 46.1 Å². The van der Waals surface area contributed by atoms with Crippen molar-refractivity contribution < 1.29 is 9.53 Å². The summed E-state index contributed by atoms with van der Waals surface area (Å²) < 4.78 is 5.66. The molecule has 0 aliphatic rings. The summed E-state index contributed by atoms with van der Waals surface area (Å²) >= 11 is 7.55. The Morgan fingerprint density at radius 3 is 2.56 bits per heavy atom. The Balaban J connectivity index is 1.44. The second-order valence-corrected chi connectivity index (χ2v) is 8.60. The highest BCUT2D eigenvalue weighted by Gasteiger charge is 2.10. The first-order chi connectivity index (χ1) is 15.6. The van der Waals surface area contributed by atoms with Crippen LogP contribution in [0.5, 0.6) is 5.75 Å². The van der Waals surface area contributed by atoms with E-state index in [9.17, 15) is 4.79 Å². The number of amides is 1. The molecule has 4 rings (SSSR count). The quantitative estimate of drug-likeness (QED) is 0.275. The second-order valence-electron chi connectivity index (χ2n) is 7.31. The lowest BCUT2D eigenvalue weighted by atomic mass is 10.1. The smallest absolute Gasteiger partial charge is 0.255 e. The fraction of sp³-hybridized carbons (Fsp3) is 0.154. The minimum Gasteiger partial charge on any atom is -0.494 e. The van der Waals surface area contributed by atoms with Gasteiger partial charge in [0.2, 0.25) is 0 Å². The minimum absolute atomic E-state index is 0.164. The van der Waals surface area contributed by atoms with Crippen LogP contribution in [-0.4, -0.2) is 17.5 Å². The molecule has 1 heterocycles. The normalized spacial score (nSPS) is 10.7. The molecule has 162 valence electrons. The molecule has 0 saturated carbocycles. The van der Waals surface area contributed by atoms with E-state index >= 15 is 0 Å². The molecular formula is C26H23ClN2O2S. The van der Waals surface area contributed by atoms with E-state index in [2.05, 4.69) is 12.2 Å². The van der Waals surface area contributed by atoms with Crippen LogP contribution in [0.4, 0.5) is 5.69 Å². The number of benzene rings is 3. The molecule has 0 radical (unpaired) electrons. The maximum absolute atomic E-state index is 12.7. The van der Waals surface area contributed by atoms with Crippen molar-refractivity contribution in [1.82, 2.24) is 4.98 Å². The maximum atomic E-state index is 12.7. The van der Waals surface area contributed by atoms with E-state index in [1.165, 1.54) is 0 Å². The first-order valence-corrected chi connectivity index (χ1v) is 11.7. The summed E-state index contributed by atoms with van der Waals surface area (Å²) in [7, 11) is 0. The number of ether oxygens (including phenoxy) is 1. The highest BCUT2D eigenvalue weighted by Crippen LogP contribution is 2.30. The number of anilines is 1. The lowest BCUT2D eigenvalue weighted by Crippen LogP contribution is -2.11. The predicted octanol–water partition coefficient (Wildman–Crippen LogP) is 7.56. The Kier molecular flexibility index (Phi) is 7.20. The van der Waals surface area contributed by atoms with Gasteiger partial charge < -0.3 is 10.1 Å². The Labute approximate surface area is 196 Å². The van der Waals surface area contributed by atoms with Crippen LogP contribution in [-0.2, 0) is 0 Å². The summed E-state index contributed by atoms with van der Waals surface area (Å²) in [5, 5.41) is 6.61. The van der Waals surface area contributed by atoms with Crippen LogP contribution in [0.3, 0.4) is 0 Å². The molecule has 0 aliphatic heterocycles. The van der Waals surface area contributed by atoms with Gasteiger partial charge in [0.15, 0.2) is 0 Å². The molecule has 0 saturated heterocycles. The minimum atomic E-state index is -0.164. The third-order valence-corrected chi connectivity index (χ3v) is 6.04. The Morgan fingerprint density at radius 2 is 1.81 bits per heavy atom. The van der Waals surface area contributed by atoms with E-state index < -0.39 is 0 Å². The SMILES string of the molecule is CCCCOc1ccc(C(=O)Nc2cccc(-c3csc(-c4ccc(Cl)cc4)n3)c2)cc1. The van der Waals surface area contributed by atoms with Gasteiger partial charge in [-0.1, -0.05) is 49.2 Å². The first kappa shape index (κ1) is 22.1. The van der Waals surface area contributed by atoms with Gasteiger partial charge in [0.25, 0.3) is 5.91 Å². The van der Waals surface area contributed by atoms with Gasteiger partial charge in [0, 0.05) is 32.8 Å². The van der Waals surface area contributed by atoms with Crippen molar-refractivity contribution in [3.8, 4) is 27.6 Å². The molecule has 3 aromatic carbocycles. The summed E-state index contributed by atoms with van der Waals surface area (Å²) in [6, 6.07) is 22.5. The highest BCUT2D eigenvalue weighted by molar-refractivity contribution is 7.13. The molecule has 0 fully saturated rings. The number of rotatable bonds is 8. The number of carbonyl (C=O) groups excluding carboxylic acids is 1. The molecule has 0 spiro atoms. The van der Waals surface area contributed by atoms with Gasteiger partial charge >= 0.3 is 0 Å². The zero-order valence-corrected chi connectivity index (χ0v) is 19.2. The fourth-order valence-electron chi connectivity index (χ4n) is 3.13. The average molecular weight is 463 g/mol. The standard InChI is InChI=1S/C26H23ClN2O2S/c1-2-3-15-31-23-13-9-18(10-14-23)25(30)28-22-6-4-5-20(16-22)24-17-32-26(29-24)19-7-11-21(27)12-8-19/h4-14,16-17H,2-3,15H2,1H3,(H,28,30). The number of aromatic nitrogens is 1. The summed E-state index contributed by atoms with van der Waals surface area (Å²) in [6.07, 6.45) is 2.10. The molecule has 32 heavy (non-hydrogen) atoms. The molecule has 0 aliphatic carbocycles. The van der Waals surface area contributed by atoms with Gasteiger partial charge in [-0.25, -0.2) is 4.98 Å². The Morgan fingerprint density at radius 1 is 1.03 bits per heavy atom. The van der Waals surface area contributed by atoms with Crippen molar-refractivity contribution in [2.45, 2.75) is 19.8 Å². The van der Waals surface area contributed by atoms with Crippen molar-refractivity contribution in [3.63, 3.8) is 0 Å². The molecule has 0 atom stereocenters. The number of thiazole rings is 1. The van der Waals surface area contributed by atoms with Crippen molar-refractivity contribution in [3.05, 3.63) is 88.8 Å². The molecule has 1 amide bonds. The van der Waals surface area contributed by atoms with E-state index in [-0.39, 0.29) is 5.91 Å². The number of hydrogen-bond donors (Lipinski definition) is 1. The molecule has 1 aromatic heterocycles. The second kappa shape index (κ2) is 10.4. The van der Waals surface area contributed by atoms with Gasteiger partial charge in [-0.05, 0) is 55.0 Å². The number of hydrogen-bond acceptors (Lipinski definition) is 4. The summed E-state index contributed by atoms with van der Waals surface area (Å²) in [5.41, 5.74) is 4.13. The largest absolute Gasteiger partial charge is 0.494 e. The van der Waals surface area contributed by atoms with Crippen molar-refractivity contribution in [2.75, 3.05) is 11.9 Å². The average Bonchev–Trinajstić information content (AvgIpc) is 3.31. The molecule has 6 heteroatoms. The van der Waals surface area contributed by atoms with Gasteiger partial charge in [0.1, 0.15) is 10.8 Å². The number of nitrogens with zero attached hydrogens (tertiary/aromatic N) is 1. The van der Waals surface area contributed by atoms with Gasteiger partial charge in [-0.2, -0.15) is 0 Å². The Bertz CT molecular complexity index is 1190. The fourth-order valence-corrected chi connectivity index (χ4v) is 4.09. The molecule has 4 nitrogen and oxygen atoms in total. The van der Waals surface area contributed by atoms with E-state index in [1.807, 2.05) is 66.0 Å². The number of nitrogens with one attached hydrogen (secondary N) is 1.